The quantitative estimate of drug-likeness (QED) is 0.268. The van der Waals surface area contributed by atoms with Gasteiger partial charge in [-0.15, -0.1) is 34.0 Å². The maximum Gasteiger partial charge on any atom is 0.260 e. The summed E-state index contributed by atoms with van der Waals surface area (Å²) in [6.45, 7) is 4.62. The summed E-state index contributed by atoms with van der Waals surface area (Å²) in [5, 5.41) is 0. The van der Waals surface area contributed by atoms with Gasteiger partial charge in [0.25, 0.3) is 11.8 Å². The van der Waals surface area contributed by atoms with Crippen LogP contribution in [0.3, 0.4) is 0 Å². The van der Waals surface area contributed by atoms with Gasteiger partial charge in [-0.25, -0.2) is 0 Å². The molecule has 8 nitrogen and oxygen atoms in total. The summed E-state index contributed by atoms with van der Waals surface area (Å²) in [4.78, 5) is 59.1. The minimum atomic E-state index is -0.264. The number of hydrogen-bond donors (Lipinski definition) is 0. The molecule has 0 bridgehead atoms. The van der Waals surface area contributed by atoms with Crippen molar-refractivity contribution < 1.29 is 19.2 Å². The highest BCUT2D eigenvalue weighted by Crippen LogP contribution is 2.23. The number of halogens is 2. The maximum atomic E-state index is 13.2. The van der Waals surface area contributed by atoms with E-state index in [-0.39, 0.29) is 69.4 Å². The molecule has 4 amide bonds. The molecule has 0 aromatic heterocycles. The van der Waals surface area contributed by atoms with Gasteiger partial charge in [-0.2, -0.15) is 0 Å². The highest BCUT2D eigenvalue weighted by Gasteiger charge is 2.32. The van der Waals surface area contributed by atoms with Crippen LogP contribution >= 0.6 is 34.0 Å². The highest BCUT2D eigenvalue weighted by atomic mass is 79.9. The minimum Gasteiger partial charge on any atom is -0.298 e. The Morgan fingerprint density at radius 1 is 0.587 bits per heavy atom. The standard InChI is InChI=1S/C36H42N4O4.2BrH/c1-37(33(41)29-11-5-3-6-12-29)35(43)31-15-9-21-39(25-31)23-27-17-19-28(20-18-27)24-40-22-10-16-32(26-40)36(44)38(2)34(42)30-13-7-4-8-14-30;;/h3-8,11-14,17-20,31-32H,9-10,15-16,21-26H2,1-2H3;2*1H. The second-order valence-corrected chi connectivity index (χ2v) is 12.1. The topological polar surface area (TPSA) is 81.2 Å². The Labute approximate surface area is 293 Å². The van der Waals surface area contributed by atoms with Crippen molar-refractivity contribution in [2.75, 3.05) is 40.3 Å². The Hall–Kier alpha value is -3.18. The average molecular weight is 757 g/mol. The van der Waals surface area contributed by atoms with Crippen molar-refractivity contribution >= 4 is 57.6 Å². The van der Waals surface area contributed by atoms with Crippen LogP contribution in [0.4, 0.5) is 0 Å². The second kappa shape index (κ2) is 17.7. The van der Waals surface area contributed by atoms with Crippen LogP contribution in [-0.4, -0.2) is 83.5 Å². The van der Waals surface area contributed by atoms with Crippen LogP contribution in [0.25, 0.3) is 0 Å². The summed E-state index contributed by atoms with van der Waals surface area (Å²) in [7, 11) is 3.16. The lowest BCUT2D eigenvalue weighted by molar-refractivity contribution is -0.134. The zero-order chi connectivity index (χ0) is 31.1. The molecule has 2 heterocycles. The van der Waals surface area contributed by atoms with Crippen LogP contribution in [0.1, 0.15) is 57.5 Å². The number of rotatable bonds is 8. The molecule has 0 aliphatic carbocycles. The first-order valence-electron chi connectivity index (χ1n) is 15.6. The molecule has 0 N–H and O–H groups in total. The molecule has 2 atom stereocenters. The molecule has 5 rings (SSSR count). The van der Waals surface area contributed by atoms with E-state index >= 15 is 0 Å². The number of piperidine rings is 2. The van der Waals surface area contributed by atoms with Gasteiger partial charge in [0.2, 0.25) is 11.8 Å². The van der Waals surface area contributed by atoms with Crippen LogP contribution in [0.2, 0.25) is 0 Å². The molecular weight excluding hydrogens is 712 g/mol. The van der Waals surface area contributed by atoms with E-state index in [0.717, 1.165) is 51.9 Å². The van der Waals surface area contributed by atoms with E-state index in [4.69, 9.17) is 0 Å². The summed E-state index contributed by atoms with van der Waals surface area (Å²) in [6, 6.07) is 26.4. The molecule has 0 radical (unpaired) electrons. The molecule has 0 saturated carbocycles. The minimum absolute atomic E-state index is 0. The smallest absolute Gasteiger partial charge is 0.260 e. The molecule has 2 saturated heterocycles. The Bertz CT molecular complexity index is 1350. The van der Waals surface area contributed by atoms with Gasteiger partial charge in [0.05, 0.1) is 11.8 Å². The highest BCUT2D eigenvalue weighted by molar-refractivity contribution is 8.93. The van der Waals surface area contributed by atoms with Gasteiger partial charge in [0, 0.05) is 51.4 Å². The Morgan fingerprint density at radius 2 is 0.935 bits per heavy atom. The van der Waals surface area contributed by atoms with E-state index in [2.05, 4.69) is 34.1 Å². The number of carbonyl (C=O) groups excluding carboxylic acids is 4. The van der Waals surface area contributed by atoms with E-state index in [0.29, 0.717) is 24.2 Å². The number of imide groups is 2. The van der Waals surface area contributed by atoms with Crippen molar-refractivity contribution in [3.63, 3.8) is 0 Å². The molecule has 246 valence electrons. The zero-order valence-electron chi connectivity index (χ0n) is 26.5. The molecule has 3 aromatic carbocycles. The Morgan fingerprint density at radius 3 is 1.28 bits per heavy atom. The van der Waals surface area contributed by atoms with Gasteiger partial charge in [-0.3, -0.25) is 38.8 Å². The molecule has 2 fully saturated rings. The van der Waals surface area contributed by atoms with Crippen LogP contribution in [0.15, 0.2) is 84.9 Å². The van der Waals surface area contributed by atoms with Crippen molar-refractivity contribution in [3.05, 3.63) is 107 Å². The average Bonchev–Trinajstić information content (AvgIpc) is 3.08. The van der Waals surface area contributed by atoms with Crippen LogP contribution in [0, 0.1) is 11.8 Å². The molecule has 46 heavy (non-hydrogen) atoms. The van der Waals surface area contributed by atoms with Crippen molar-refractivity contribution in [3.8, 4) is 0 Å². The number of nitrogens with zero attached hydrogens (tertiary/aromatic N) is 4. The molecule has 0 spiro atoms. The van der Waals surface area contributed by atoms with E-state index in [1.165, 1.54) is 20.9 Å². The van der Waals surface area contributed by atoms with Gasteiger partial charge >= 0.3 is 0 Å². The van der Waals surface area contributed by atoms with Gasteiger partial charge in [-0.05, 0) is 74.2 Å². The van der Waals surface area contributed by atoms with Crippen molar-refractivity contribution in [2.24, 2.45) is 11.8 Å². The fraction of sp³-hybridized carbons (Fsp3) is 0.389. The SMILES string of the molecule is Br.Br.CN(C(=O)c1ccccc1)C(=O)C1CCCN(Cc2ccc(CN3CCCC(C(=O)N(C)C(=O)c4ccccc4)C3)cc2)C1. The van der Waals surface area contributed by atoms with E-state index in [1.54, 1.807) is 62.6 Å². The molecule has 3 aromatic rings. The largest absolute Gasteiger partial charge is 0.298 e. The van der Waals surface area contributed by atoms with Crippen molar-refractivity contribution in [2.45, 2.75) is 38.8 Å². The summed E-state index contributed by atoms with van der Waals surface area (Å²) in [5.41, 5.74) is 3.41. The lowest BCUT2D eigenvalue weighted by atomic mass is 9.95. The molecular formula is C36H44Br2N4O4. The first kappa shape index (κ1) is 37.3. The van der Waals surface area contributed by atoms with Crippen LogP contribution in [-0.2, 0) is 22.7 Å². The van der Waals surface area contributed by atoms with E-state index in [1.807, 2.05) is 12.1 Å². The third-order valence-electron chi connectivity index (χ3n) is 8.86. The third-order valence-corrected chi connectivity index (χ3v) is 8.86. The predicted molar refractivity (Wildman–Crippen MR) is 190 cm³/mol. The molecule has 2 unspecified atom stereocenters. The van der Waals surface area contributed by atoms with Gasteiger partial charge in [-0.1, -0.05) is 60.7 Å². The van der Waals surface area contributed by atoms with Crippen LogP contribution < -0.4 is 0 Å². The lowest BCUT2D eigenvalue weighted by Gasteiger charge is -2.34. The fourth-order valence-corrected chi connectivity index (χ4v) is 6.36. The van der Waals surface area contributed by atoms with Crippen molar-refractivity contribution in [1.82, 2.24) is 19.6 Å². The first-order chi connectivity index (χ1) is 21.3. The van der Waals surface area contributed by atoms with E-state index in [9.17, 15) is 19.2 Å². The predicted octanol–water partition coefficient (Wildman–Crippen LogP) is 5.86. The summed E-state index contributed by atoms with van der Waals surface area (Å²) < 4.78 is 0. The zero-order valence-corrected chi connectivity index (χ0v) is 30.0. The Balaban J connectivity index is 0.00000288. The summed E-state index contributed by atoms with van der Waals surface area (Å²) >= 11 is 0. The first-order valence-corrected chi connectivity index (χ1v) is 15.6. The number of amides is 4. The Kier molecular flexibility index (Phi) is 14.3. The third kappa shape index (κ3) is 9.44. The number of likely N-dealkylation sites (tertiary alicyclic amines) is 2. The summed E-state index contributed by atoms with van der Waals surface area (Å²) in [6.07, 6.45) is 3.41. The van der Waals surface area contributed by atoms with Gasteiger partial charge < -0.3 is 0 Å². The number of hydrogen-bond acceptors (Lipinski definition) is 6. The lowest BCUT2D eigenvalue weighted by Crippen LogP contribution is -2.45. The summed E-state index contributed by atoms with van der Waals surface area (Å²) in [5.74, 6) is -1.16. The monoisotopic (exact) mass is 754 g/mol. The van der Waals surface area contributed by atoms with E-state index < -0.39 is 0 Å². The normalized spacial score (nSPS) is 18.4. The van der Waals surface area contributed by atoms with Crippen molar-refractivity contribution in [1.29, 1.82) is 0 Å². The van der Waals surface area contributed by atoms with Gasteiger partial charge in [0.15, 0.2) is 0 Å². The van der Waals surface area contributed by atoms with Crippen LogP contribution in [0.5, 0.6) is 0 Å². The maximum absolute atomic E-state index is 13.2. The fourth-order valence-electron chi connectivity index (χ4n) is 6.36. The number of carbonyl (C=O) groups is 4. The molecule has 2 aliphatic rings. The molecule has 2 aliphatic heterocycles. The van der Waals surface area contributed by atoms with Gasteiger partial charge in [0.1, 0.15) is 0 Å². The number of benzene rings is 3. The molecule has 10 heteroatoms. The second-order valence-electron chi connectivity index (χ2n) is 12.1.